The number of aryl methyl sites for hydroxylation is 1. The number of aromatic nitrogens is 2. The van der Waals surface area contributed by atoms with E-state index < -0.39 is 10.8 Å². The van der Waals surface area contributed by atoms with E-state index in [1.165, 1.54) is 6.33 Å². The van der Waals surface area contributed by atoms with Gasteiger partial charge < -0.3 is 5.32 Å². The molecule has 0 fully saturated rings. The Morgan fingerprint density at radius 1 is 0.886 bits per heavy atom. The number of amides is 1. The van der Waals surface area contributed by atoms with Crippen molar-refractivity contribution < 1.29 is 9.72 Å². The highest BCUT2D eigenvalue weighted by Gasteiger charge is 2.26. The minimum atomic E-state index is -0.625. The van der Waals surface area contributed by atoms with Crippen molar-refractivity contribution in [2.24, 2.45) is 0 Å². The van der Waals surface area contributed by atoms with E-state index in [1.54, 1.807) is 0 Å². The summed E-state index contributed by atoms with van der Waals surface area (Å²) in [5.74, 6) is -1.12. The number of para-hydroxylation sites is 1. The molecule has 0 spiro atoms. The van der Waals surface area contributed by atoms with Crippen LogP contribution in [0.15, 0.2) is 91.3 Å². The maximum absolute atomic E-state index is 13.3. The smallest absolute Gasteiger partial charge is 0.334 e. The Hall–Kier alpha value is -4.79. The number of rotatable bonds is 9. The molecule has 0 saturated heterocycles. The number of hydrazine groups is 1. The lowest BCUT2D eigenvalue weighted by atomic mass is 9.91. The summed E-state index contributed by atoms with van der Waals surface area (Å²) in [4.78, 5) is 32.7. The van der Waals surface area contributed by atoms with Gasteiger partial charge in [0.25, 0.3) is 0 Å². The maximum atomic E-state index is 13.3. The quantitative estimate of drug-likeness (QED) is 0.234. The van der Waals surface area contributed by atoms with Gasteiger partial charge in [0.1, 0.15) is 6.33 Å². The summed E-state index contributed by atoms with van der Waals surface area (Å²) in [6, 6.07) is 26.1. The number of nitro groups is 1. The van der Waals surface area contributed by atoms with Crippen molar-refractivity contribution in [1.29, 1.82) is 0 Å². The largest absolute Gasteiger partial charge is 0.355 e. The van der Waals surface area contributed by atoms with Gasteiger partial charge >= 0.3 is 5.69 Å². The van der Waals surface area contributed by atoms with Gasteiger partial charge in [0, 0.05) is 5.69 Å². The molecule has 0 unspecified atom stereocenters. The van der Waals surface area contributed by atoms with Crippen LogP contribution in [0.4, 0.5) is 23.0 Å². The van der Waals surface area contributed by atoms with E-state index in [1.807, 2.05) is 91.9 Å². The topological polar surface area (TPSA) is 122 Å². The molecule has 0 saturated carbocycles. The molecule has 1 aromatic heterocycles. The van der Waals surface area contributed by atoms with Crippen molar-refractivity contribution in [3.05, 3.63) is 118 Å². The lowest BCUT2D eigenvalue weighted by Crippen LogP contribution is -2.35. The molecule has 9 nitrogen and oxygen atoms in total. The number of nitrogens with one attached hydrogen (secondary N) is 3. The molecule has 0 aliphatic heterocycles. The molecule has 4 aromatic rings. The number of benzene rings is 3. The average molecular weight is 469 g/mol. The van der Waals surface area contributed by atoms with Gasteiger partial charge in [0.2, 0.25) is 17.5 Å². The van der Waals surface area contributed by atoms with E-state index in [2.05, 4.69) is 26.1 Å². The van der Waals surface area contributed by atoms with Crippen LogP contribution in [0.5, 0.6) is 0 Å². The summed E-state index contributed by atoms with van der Waals surface area (Å²) < 4.78 is 0. The van der Waals surface area contributed by atoms with Crippen molar-refractivity contribution in [2.75, 3.05) is 10.7 Å². The number of anilines is 3. The first kappa shape index (κ1) is 23.4. The number of nitrogens with zero attached hydrogens (tertiary/aromatic N) is 3. The standard InChI is InChI=1S/C26H24N6O3/c1-2-18-11-9-10-16-21(18)29-24-23(32(34)35)25(28-17-27-24)30-31-26(33)22(19-12-5-3-6-13-19)20-14-7-4-8-15-20/h3-17,22H,2H2,1H3,(H,31,33)(H2,27,28,29,30). The lowest BCUT2D eigenvalue weighted by molar-refractivity contribution is -0.383. The van der Waals surface area contributed by atoms with Gasteiger partial charge in [-0.2, -0.15) is 0 Å². The van der Waals surface area contributed by atoms with Crippen LogP contribution in [0.25, 0.3) is 0 Å². The van der Waals surface area contributed by atoms with Crippen molar-refractivity contribution in [2.45, 2.75) is 19.3 Å². The molecule has 4 rings (SSSR count). The van der Waals surface area contributed by atoms with E-state index in [0.29, 0.717) is 5.69 Å². The number of hydrogen-bond donors (Lipinski definition) is 3. The molecular formula is C26H24N6O3. The van der Waals surface area contributed by atoms with Crippen molar-refractivity contribution in [3.63, 3.8) is 0 Å². The highest BCUT2D eigenvalue weighted by atomic mass is 16.6. The fraction of sp³-hybridized carbons (Fsp3) is 0.115. The zero-order valence-corrected chi connectivity index (χ0v) is 19.0. The summed E-state index contributed by atoms with van der Waals surface area (Å²) in [6.45, 7) is 1.99. The van der Waals surface area contributed by atoms with E-state index >= 15 is 0 Å². The Morgan fingerprint density at radius 2 is 1.46 bits per heavy atom. The third-order valence-electron chi connectivity index (χ3n) is 5.49. The first-order valence-electron chi connectivity index (χ1n) is 11.1. The van der Waals surface area contributed by atoms with E-state index in [0.717, 1.165) is 23.1 Å². The van der Waals surface area contributed by atoms with Crippen LogP contribution in [0.3, 0.4) is 0 Å². The zero-order chi connectivity index (χ0) is 24.6. The highest BCUT2D eigenvalue weighted by molar-refractivity contribution is 5.88. The molecule has 0 radical (unpaired) electrons. The van der Waals surface area contributed by atoms with Gasteiger partial charge in [-0.1, -0.05) is 85.8 Å². The third kappa shape index (κ3) is 5.41. The van der Waals surface area contributed by atoms with E-state index in [-0.39, 0.29) is 23.2 Å². The number of carbonyl (C=O) groups excluding carboxylic acids is 1. The zero-order valence-electron chi connectivity index (χ0n) is 19.0. The van der Waals surface area contributed by atoms with Gasteiger partial charge in [-0.25, -0.2) is 9.97 Å². The normalized spacial score (nSPS) is 10.6. The van der Waals surface area contributed by atoms with Gasteiger partial charge in [-0.15, -0.1) is 0 Å². The van der Waals surface area contributed by atoms with Crippen LogP contribution in [0.1, 0.15) is 29.5 Å². The fourth-order valence-corrected chi connectivity index (χ4v) is 3.79. The highest BCUT2D eigenvalue weighted by Crippen LogP contribution is 2.32. The minimum absolute atomic E-state index is 0.0188. The molecule has 1 amide bonds. The number of hydrogen-bond acceptors (Lipinski definition) is 7. The second-order valence-electron chi connectivity index (χ2n) is 7.68. The second kappa shape index (κ2) is 10.9. The van der Waals surface area contributed by atoms with Gasteiger partial charge in [-0.3, -0.25) is 25.8 Å². The van der Waals surface area contributed by atoms with Crippen LogP contribution >= 0.6 is 0 Å². The molecule has 176 valence electrons. The molecule has 0 bridgehead atoms. The summed E-state index contributed by atoms with van der Waals surface area (Å²) in [7, 11) is 0. The van der Waals surface area contributed by atoms with Gasteiger partial charge in [0.05, 0.1) is 10.8 Å². The van der Waals surface area contributed by atoms with Crippen molar-refractivity contribution in [1.82, 2.24) is 15.4 Å². The van der Waals surface area contributed by atoms with Crippen LogP contribution in [0.2, 0.25) is 0 Å². The summed E-state index contributed by atoms with van der Waals surface area (Å²) in [5, 5.41) is 15.0. The molecule has 0 aliphatic rings. The Morgan fingerprint density at radius 3 is 2.06 bits per heavy atom. The first-order valence-corrected chi connectivity index (χ1v) is 11.1. The summed E-state index contributed by atoms with van der Waals surface area (Å²) >= 11 is 0. The predicted octanol–water partition coefficient (Wildman–Crippen LogP) is 4.97. The monoisotopic (exact) mass is 468 g/mol. The molecule has 9 heteroatoms. The Kier molecular flexibility index (Phi) is 7.27. The molecule has 3 N–H and O–H groups in total. The first-order chi connectivity index (χ1) is 17.1. The van der Waals surface area contributed by atoms with Crippen LogP contribution in [-0.2, 0) is 11.2 Å². The number of carbonyl (C=O) groups is 1. The van der Waals surface area contributed by atoms with Crippen LogP contribution in [0, 0.1) is 10.1 Å². The average Bonchev–Trinajstić information content (AvgIpc) is 2.89. The van der Waals surface area contributed by atoms with Crippen LogP contribution in [-0.4, -0.2) is 20.8 Å². The summed E-state index contributed by atoms with van der Waals surface area (Å²) in [5.41, 5.74) is 8.11. The predicted molar refractivity (Wildman–Crippen MR) is 134 cm³/mol. The minimum Gasteiger partial charge on any atom is -0.334 e. The molecule has 0 atom stereocenters. The lowest BCUT2D eigenvalue weighted by Gasteiger charge is -2.18. The molecule has 0 aliphatic carbocycles. The maximum Gasteiger partial charge on any atom is 0.355 e. The van der Waals surface area contributed by atoms with Gasteiger partial charge in [-0.05, 0) is 29.2 Å². The Bertz CT molecular complexity index is 1280. The van der Waals surface area contributed by atoms with Crippen LogP contribution < -0.4 is 16.2 Å². The molecular weight excluding hydrogens is 444 g/mol. The molecule has 35 heavy (non-hydrogen) atoms. The van der Waals surface area contributed by atoms with E-state index in [4.69, 9.17) is 0 Å². The summed E-state index contributed by atoms with van der Waals surface area (Å²) in [6.07, 6.45) is 1.94. The molecule has 3 aromatic carbocycles. The van der Waals surface area contributed by atoms with Gasteiger partial charge in [0.15, 0.2) is 0 Å². The second-order valence-corrected chi connectivity index (χ2v) is 7.68. The van der Waals surface area contributed by atoms with Crippen molar-refractivity contribution in [3.8, 4) is 0 Å². The Balaban J connectivity index is 1.60. The van der Waals surface area contributed by atoms with Crippen molar-refractivity contribution >= 4 is 28.9 Å². The van der Waals surface area contributed by atoms with E-state index in [9.17, 15) is 14.9 Å². The SMILES string of the molecule is CCc1ccccc1Nc1ncnc(NNC(=O)C(c2ccccc2)c2ccccc2)c1[N+](=O)[O-]. The Labute approximate surface area is 202 Å². The fourth-order valence-electron chi connectivity index (χ4n) is 3.79. The third-order valence-corrected chi connectivity index (χ3v) is 5.49. The molecule has 1 heterocycles.